The van der Waals surface area contributed by atoms with Gasteiger partial charge in [0.15, 0.2) is 0 Å². The lowest BCUT2D eigenvalue weighted by Crippen LogP contribution is -2.46. The summed E-state index contributed by atoms with van der Waals surface area (Å²) in [4.78, 5) is 25.3. The summed E-state index contributed by atoms with van der Waals surface area (Å²) in [6.07, 6.45) is 1.85. The average Bonchev–Trinajstić information content (AvgIpc) is 2.84. The summed E-state index contributed by atoms with van der Waals surface area (Å²) in [6.45, 7) is 1.26. The Bertz CT molecular complexity index is 541. The molecule has 2 aliphatic rings. The molecule has 5 heteroatoms. The van der Waals surface area contributed by atoms with Gasteiger partial charge in [0.05, 0.1) is 0 Å². The Balaban J connectivity index is 1.75. The topological polar surface area (TPSA) is 75.4 Å². The van der Waals surface area contributed by atoms with E-state index in [9.17, 15) is 9.59 Å². The van der Waals surface area contributed by atoms with Crippen LogP contribution in [0.5, 0.6) is 0 Å². The number of rotatable bonds is 1. The van der Waals surface area contributed by atoms with Crippen LogP contribution in [0, 0.1) is 0 Å². The summed E-state index contributed by atoms with van der Waals surface area (Å²) in [5.74, 6) is -0.000992. The fraction of sp³-hybridized carbons (Fsp3) is 0.429. The molecule has 19 heavy (non-hydrogen) atoms. The number of anilines is 1. The van der Waals surface area contributed by atoms with Crippen molar-refractivity contribution in [2.75, 3.05) is 12.3 Å². The first-order chi connectivity index (χ1) is 9.15. The first-order valence-corrected chi connectivity index (χ1v) is 6.59. The molecule has 0 aliphatic carbocycles. The normalized spacial score (nSPS) is 22.0. The number of carbonyl (C=O) groups excluding carboxylic acids is 2. The van der Waals surface area contributed by atoms with Crippen molar-refractivity contribution < 1.29 is 9.59 Å². The summed E-state index contributed by atoms with van der Waals surface area (Å²) < 4.78 is 0. The van der Waals surface area contributed by atoms with E-state index in [0.717, 1.165) is 23.2 Å². The van der Waals surface area contributed by atoms with Crippen LogP contribution in [0.1, 0.15) is 24.0 Å². The number of fused-ring (bicyclic) bond motifs is 1. The number of nitrogens with two attached hydrogens (primary N) is 1. The summed E-state index contributed by atoms with van der Waals surface area (Å²) in [6, 6.07) is 5.49. The van der Waals surface area contributed by atoms with Crippen LogP contribution in [-0.4, -0.2) is 29.3 Å². The second kappa shape index (κ2) is 4.57. The van der Waals surface area contributed by atoms with Crippen LogP contribution in [0.15, 0.2) is 18.2 Å². The molecule has 2 heterocycles. The van der Waals surface area contributed by atoms with Crippen LogP contribution in [0.25, 0.3) is 0 Å². The van der Waals surface area contributed by atoms with Crippen molar-refractivity contribution in [2.45, 2.75) is 31.8 Å². The molecule has 1 unspecified atom stereocenters. The van der Waals surface area contributed by atoms with Gasteiger partial charge in [-0.05, 0) is 30.0 Å². The van der Waals surface area contributed by atoms with E-state index in [1.54, 1.807) is 0 Å². The highest BCUT2D eigenvalue weighted by atomic mass is 16.2. The largest absolute Gasteiger partial charge is 0.398 e. The molecule has 3 N–H and O–H groups in total. The molecule has 0 spiro atoms. The lowest BCUT2D eigenvalue weighted by Gasteiger charge is -2.31. The van der Waals surface area contributed by atoms with Crippen LogP contribution < -0.4 is 11.1 Å². The van der Waals surface area contributed by atoms with E-state index in [1.807, 2.05) is 23.1 Å². The van der Waals surface area contributed by atoms with Gasteiger partial charge in [-0.1, -0.05) is 12.1 Å². The lowest BCUT2D eigenvalue weighted by atomic mass is 9.97. The smallest absolute Gasteiger partial charge is 0.245 e. The van der Waals surface area contributed by atoms with Crippen LogP contribution in [0.2, 0.25) is 0 Å². The van der Waals surface area contributed by atoms with Crippen molar-refractivity contribution in [2.24, 2.45) is 0 Å². The number of nitrogen functional groups attached to an aromatic ring is 1. The number of benzene rings is 1. The van der Waals surface area contributed by atoms with Crippen molar-refractivity contribution >= 4 is 17.5 Å². The molecule has 0 saturated carbocycles. The van der Waals surface area contributed by atoms with Crippen molar-refractivity contribution in [1.82, 2.24) is 10.2 Å². The Kier molecular flexibility index (Phi) is 2.89. The van der Waals surface area contributed by atoms with E-state index >= 15 is 0 Å². The lowest BCUT2D eigenvalue weighted by molar-refractivity contribution is -0.135. The molecule has 0 aromatic heterocycles. The third-order valence-electron chi connectivity index (χ3n) is 3.91. The monoisotopic (exact) mass is 259 g/mol. The maximum atomic E-state index is 12.3. The zero-order valence-corrected chi connectivity index (χ0v) is 10.7. The highest BCUT2D eigenvalue weighted by Gasteiger charge is 2.32. The molecule has 2 aliphatic heterocycles. The van der Waals surface area contributed by atoms with Gasteiger partial charge < -0.3 is 16.0 Å². The number of amides is 2. The Labute approximate surface area is 111 Å². The molecule has 2 amide bonds. The summed E-state index contributed by atoms with van der Waals surface area (Å²) in [5, 5.41) is 2.73. The quantitative estimate of drug-likeness (QED) is 0.718. The third kappa shape index (κ3) is 2.16. The molecule has 0 radical (unpaired) electrons. The van der Waals surface area contributed by atoms with Gasteiger partial charge in [0.1, 0.15) is 6.04 Å². The predicted molar refractivity (Wildman–Crippen MR) is 71.1 cm³/mol. The zero-order chi connectivity index (χ0) is 13.4. The zero-order valence-electron chi connectivity index (χ0n) is 10.7. The van der Waals surface area contributed by atoms with E-state index in [2.05, 4.69) is 5.32 Å². The second-order valence-corrected chi connectivity index (χ2v) is 5.15. The fourth-order valence-electron chi connectivity index (χ4n) is 2.85. The van der Waals surface area contributed by atoms with Crippen LogP contribution >= 0.6 is 0 Å². The summed E-state index contributed by atoms with van der Waals surface area (Å²) >= 11 is 0. The highest BCUT2D eigenvalue weighted by Crippen LogP contribution is 2.25. The maximum absolute atomic E-state index is 12.3. The van der Waals surface area contributed by atoms with E-state index in [0.29, 0.717) is 25.9 Å². The summed E-state index contributed by atoms with van der Waals surface area (Å²) in [5.41, 5.74) is 9.02. The third-order valence-corrected chi connectivity index (χ3v) is 3.91. The molecule has 1 fully saturated rings. The Morgan fingerprint density at radius 3 is 2.95 bits per heavy atom. The van der Waals surface area contributed by atoms with E-state index in [-0.39, 0.29) is 17.9 Å². The van der Waals surface area contributed by atoms with E-state index in [4.69, 9.17) is 5.73 Å². The first-order valence-electron chi connectivity index (χ1n) is 6.59. The molecule has 100 valence electrons. The minimum atomic E-state index is -0.338. The standard InChI is InChI=1S/C14H17N3O2/c15-11-3-1-2-9-8-17(7-6-10(9)11)14(19)12-4-5-13(18)16-12/h1-3,12H,4-8,15H2,(H,16,18). The van der Waals surface area contributed by atoms with Crippen molar-refractivity contribution in [3.8, 4) is 0 Å². The van der Waals surface area contributed by atoms with Gasteiger partial charge >= 0.3 is 0 Å². The minimum Gasteiger partial charge on any atom is -0.398 e. The Morgan fingerprint density at radius 2 is 2.21 bits per heavy atom. The van der Waals surface area contributed by atoms with Crippen LogP contribution in [0.3, 0.4) is 0 Å². The van der Waals surface area contributed by atoms with Crippen LogP contribution in [0.4, 0.5) is 5.69 Å². The van der Waals surface area contributed by atoms with Gasteiger partial charge in [0.25, 0.3) is 0 Å². The molecular weight excluding hydrogens is 242 g/mol. The number of carbonyl (C=O) groups is 2. The molecular formula is C14H17N3O2. The molecule has 5 nitrogen and oxygen atoms in total. The average molecular weight is 259 g/mol. The van der Waals surface area contributed by atoms with Gasteiger partial charge in [0.2, 0.25) is 11.8 Å². The van der Waals surface area contributed by atoms with Gasteiger partial charge in [0, 0.05) is 25.2 Å². The van der Waals surface area contributed by atoms with Crippen molar-refractivity contribution in [3.05, 3.63) is 29.3 Å². The molecule has 1 aromatic carbocycles. The predicted octanol–water partition coefficient (Wildman–Crippen LogP) is 0.432. The first kappa shape index (κ1) is 12.0. The minimum absolute atomic E-state index is 0.0268. The molecule has 1 aromatic rings. The van der Waals surface area contributed by atoms with Gasteiger partial charge in [-0.3, -0.25) is 9.59 Å². The summed E-state index contributed by atoms with van der Waals surface area (Å²) in [7, 11) is 0. The Hall–Kier alpha value is -2.04. The number of hydrogen-bond acceptors (Lipinski definition) is 3. The number of hydrogen-bond donors (Lipinski definition) is 2. The maximum Gasteiger partial charge on any atom is 0.245 e. The van der Waals surface area contributed by atoms with Crippen molar-refractivity contribution in [1.29, 1.82) is 0 Å². The molecule has 3 rings (SSSR count). The van der Waals surface area contributed by atoms with Gasteiger partial charge in [-0.2, -0.15) is 0 Å². The second-order valence-electron chi connectivity index (χ2n) is 5.15. The molecule has 1 saturated heterocycles. The van der Waals surface area contributed by atoms with Crippen molar-refractivity contribution in [3.63, 3.8) is 0 Å². The van der Waals surface area contributed by atoms with Crippen LogP contribution in [-0.2, 0) is 22.6 Å². The van der Waals surface area contributed by atoms with E-state index in [1.165, 1.54) is 0 Å². The molecule has 0 bridgehead atoms. The SMILES string of the molecule is Nc1cccc2c1CCN(C(=O)C1CCC(=O)N1)C2. The fourth-order valence-corrected chi connectivity index (χ4v) is 2.85. The number of nitrogens with one attached hydrogen (secondary N) is 1. The highest BCUT2D eigenvalue weighted by molar-refractivity contribution is 5.91. The molecule has 1 atom stereocenters. The van der Waals surface area contributed by atoms with Gasteiger partial charge in [-0.15, -0.1) is 0 Å². The number of nitrogens with zero attached hydrogens (tertiary/aromatic N) is 1. The van der Waals surface area contributed by atoms with Gasteiger partial charge in [-0.25, -0.2) is 0 Å². The Morgan fingerprint density at radius 1 is 1.37 bits per heavy atom. The van der Waals surface area contributed by atoms with E-state index < -0.39 is 0 Å².